The van der Waals surface area contributed by atoms with Gasteiger partial charge in [-0.05, 0) is 56.4 Å². The number of hydrogen-bond acceptors (Lipinski definition) is 4. The summed E-state index contributed by atoms with van der Waals surface area (Å²) in [7, 11) is -3.65. The molecule has 1 heterocycles. The molecule has 1 N–H and O–H groups in total. The Balaban J connectivity index is 1.95. The summed E-state index contributed by atoms with van der Waals surface area (Å²) >= 11 is 0. The molecule has 24 heavy (non-hydrogen) atoms. The number of fused-ring (bicyclic) bond motifs is 1. The van der Waals surface area contributed by atoms with E-state index in [1.807, 2.05) is 0 Å². The number of carboxylic acid groups (broad SMARTS) is 1. The number of aryl methyl sites for hydroxylation is 1. The highest BCUT2D eigenvalue weighted by Gasteiger charge is 2.33. The van der Waals surface area contributed by atoms with E-state index in [2.05, 4.69) is 18.7 Å². The highest BCUT2D eigenvalue weighted by atomic mass is 32.2. The van der Waals surface area contributed by atoms with Gasteiger partial charge in [-0.2, -0.15) is 4.31 Å². The Labute approximate surface area is 143 Å². The number of aromatic carboxylic acids is 1. The second-order valence-corrected chi connectivity index (χ2v) is 8.71. The van der Waals surface area contributed by atoms with Gasteiger partial charge in [-0.1, -0.05) is 0 Å². The Morgan fingerprint density at radius 1 is 1.12 bits per heavy atom. The van der Waals surface area contributed by atoms with E-state index >= 15 is 0 Å². The summed E-state index contributed by atoms with van der Waals surface area (Å²) in [6, 6.07) is 3.37. The number of rotatable bonds is 4. The monoisotopic (exact) mass is 352 g/mol. The molecule has 2 aliphatic rings. The Morgan fingerprint density at radius 2 is 1.79 bits per heavy atom. The second-order valence-electron chi connectivity index (χ2n) is 6.80. The van der Waals surface area contributed by atoms with Crippen molar-refractivity contribution in [3.05, 3.63) is 28.8 Å². The van der Waals surface area contributed by atoms with E-state index in [1.165, 1.54) is 10.4 Å². The van der Waals surface area contributed by atoms with E-state index in [9.17, 15) is 18.3 Å². The molecule has 0 unspecified atom stereocenters. The highest BCUT2D eigenvalue weighted by Crippen LogP contribution is 2.32. The summed E-state index contributed by atoms with van der Waals surface area (Å²) in [6.07, 6.45) is 2.33. The minimum absolute atomic E-state index is 0.0649. The fourth-order valence-electron chi connectivity index (χ4n) is 3.62. The first-order valence-electron chi connectivity index (χ1n) is 8.44. The topological polar surface area (TPSA) is 77.9 Å². The van der Waals surface area contributed by atoms with Gasteiger partial charge < -0.3 is 5.11 Å². The first kappa shape index (κ1) is 17.4. The van der Waals surface area contributed by atoms with E-state index in [-0.39, 0.29) is 10.5 Å². The zero-order valence-corrected chi connectivity index (χ0v) is 15.0. The normalized spacial score (nSPS) is 19.6. The quantitative estimate of drug-likeness (QED) is 0.890. The molecule has 0 saturated carbocycles. The van der Waals surface area contributed by atoms with Gasteiger partial charge in [0.2, 0.25) is 10.0 Å². The van der Waals surface area contributed by atoms with Gasteiger partial charge in [-0.15, -0.1) is 0 Å². The lowest BCUT2D eigenvalue weighted by atomic mass is 10.1. The Morgan fingerprint density at radius 3 is 2.38 bits per heavy atom. The molecular weight excluding hydrogens is 328 g/mol. The maximum atomic E-state index is 13.1. The summed E-state index contributed by atoms with van der Waals surface area (Å²) in [5, 5.41) is 9.30. The summed E-state index contributed by atoms with van der Waals surface area (Å²) < 4.78 is 27.7. The molecule has 0 spiro atoms. The van der Waals surface area contributed by atoms with Gasteiger partial charge >= 0.3 is 5.97 Å². The number of sulfonamides is 1. The van der Waals surface area contributed by atoms with Crippen molar-refractivity contribution in [2.45, 2.75) is 44.0 Å². The largest absolute Gasteiger partial charge is 0.478 e. The van der Waals surface area contributed by atoms with Crippen molar-refractivity contribution in [2.24, 2.45) is 0 Å². The minimum Gasteiger partial charge on any atom is -0.478 e. The van der Waals surface area contributed by atoms with Crippen LogP contribution in [0.15, 0.2) is 17.0 Å². The standard InChI is InChI=1S/C17H24N2O4S/c1-12(2)18-6-8-19(9-7-18)24(22,23)16-11-14(17(20)21)10-13-4-3-5-15(13)16/h10-12H,3-9H2,1-2H3,(H,20,21). The van der Waals surface area contributed by atoms with E-state index < -0.39 is 16.0 Å². The van der Waals surface area contributed by atoms with Crippen LogP contribution in [0.25, 0.3) is 0 Å². The van der Waals surface area contributed by atoms with Crippen LogP contribution in [0.3, 0.4) is 0 Å². The van der Waals surface area contributed by atoms with Gasteiger partial charge in [0.25, 0.3) is 0 Å². The third kappa shape index (κ3) is 3.08. The second kappa shape index (κ2) is 6.46. The maximum Gasteiger partial charge on any atom is 0.335 e. The number of piperazine rings is 1. The van der Waals surface area contributed by atoms with Crippen LogP contribution >= 0.6 is 0 Å². The van der Waals surface area contributed by atoms with Crippen LogP contribution in [0, 0.1) is 0 Å². The molecule has 1 aliphatic carbocycles. The summed E-state index contributed by atoms with van der Waals surface area (Å²) in [5.41, 5.74) is 1.75. The molecule has 6 nitrogen and oxygen atoms in total. The molecule has 132 valence electrons. The molecular formula is C17H24N2O4S. The van der Waals surface area contributed by atoms with Gasteiger partial charge in [-0.25, -0.2) is 13.2 Å². The molecule has 1 saturated heterocycles. The minimum atomic E-state index is -3.65. The first-order valence-corrected chi connectivity index (χ1v) is 9.88. The predicted octanol–water partition coefficient (Wildman–Crippen LogP) is 1.59. The lowest BCUT2D eigenvalue weighted by Gasteiger charge is -2.36. The van der Waals surface area contributed by atoms with E-state index in [0.29, 0.717) is 38.6 Å². The molecule has 0 amide bonds. The molecule has 1 aliphatic heterocycles. The smallest absolute Gasteiger partial charge is 0.335 e. The first-order chi connectivity index (χ1) is 11.3. The number of hydrogen-bond donors (Lipinski definition) is 1. The van der Waals surface area contributed by atoms with Crippen LogP contribution in [-0.4, -0.2) is 60.9 Å². The van der Waals surface area contributed by atoms with Crippen molar-refractivity contribution in [3.63, 3.8) is 0 Å². The van der Waals surface area contributed by atoms with Crippen LogP contribution in [0.2, 0.25) is 0 Å². The molecule has 0 radical (unpaired) electrons. The number of nitrogens with zero attached hydrogens (tertiary/aromatic N) is 2. The van der Waals surface area contributed by atoms with Gasteiger partial charge in [0.15, 0.2) is 0 Å². The summed E-state index contributed by atoms with van der Waals surface area (Å²) in [4.78, 5) is 13.8. The zero-order chi connectivity index (χ0) is 17.5. The van der Waals surface area contributed by atoms with Crippen molar-refractivity contribution in [2.75, 3.05) is 26.2 Å². The van der Waals surface area contributed by atoms with Gasteiger partial charge in [0.1, 0.15) is 0 Å². The Kier molecular flexibility index (Phi) is 4.68. The zero-order valence-electron chi connectivity index (χ0n) is 14.2. The summed E-state index contributed by atoms with van der Waals surface area (Å²) in [6.45, 7) is 6.52. The lowest BCUT2D eigenvalue weighted by molar-refractivity contribution is 0.0696. The van der Waals surface area contributed by atoms with E-state index in [4.69, 9.17) is 0 Å². The van der Waals surface area contributed by atoms with E-state index in [0.717, 1.165) is 24.0 Å². The molecule has 1 fully saturated rings. The van der Waals surface area contributed by atoms with Crippen molar-refractivity contribution >= 4 is 16.0 Å². The number of carboxylic acids is 1. The Bertz CT molecular complexity index is 750. The molecule has 0 atom stereocenters. The van der Waals surface area contributed by atoms with Crippen molar-refractivity contribution in [1.29, 1.82) is 0 Å². The maximum absolute atomic E-state index is 13.1. The SMILES string of the molecule is CC(C)N1CCN(S(=O)(=O)c2cc(C(=O)O)cc3c2CCC3)CC1. The fourth-order valence-corrected chi connectivity index (χ4v) is 5.36. The molecule has 0 aromatic heterocycles. The predicted molar refractivity (Wildman–Crippen MR) is 90.9 cm³/mol. The third-order valence-electron chi connectivity index (χ3n) is 5.04. The lowest BCUT2D eigenvalue weighted by Crippen LogP contribution is -2.50. The van der Waals surface area contributed by atoms with Crippen LogP contribution in [-0.2, 0) is 22.9 Å². The fraction of sp³-hybridized carbons (Fsp3) is 0.588. The van der Waals surface area contributed by atoms with Gasteiger partial charge in [-0.3, -0.25) is 4.90 Å². The summed E-state index contributed by atoms with van der Waals surface area (Å²) in [5.74, 6) is -1.08. The highest BCUT2D eigenvalue weighted by molar-refractivity contribution is 7.89. The van der Waals surface area contributed by atoms with Gasteiger partial charge in [0, 0.05) is 32.2 Å². The molecule has 7 heteroatoms. The van der Waals surface area contributed by atoms with Crippen molar-refractivity contribution in [1.82, 2.24) is 9.21 Å². The number of carbonyl (C=O) groups is 1. The van der Waals surface area contributed by atoms with Crippen molar-refractivity contribution < 1.29 is 18.3 Å². The molecule has 0 bridgehead atoms. The van der Waals surface area contributed by atoms with Gasteiger partial charge in [0.05, 0.1) is 10.5 Å². The van der Waals surface area contributed by atoms with Crippen LogP contribution in [0.4, 0.5) is 0 Å². The van der Waals surface area contributed by atoms with Crippen LogP contribution in [0.5, 0.6) is 0 Å². The van der Waals surface area contributed by atoms with Crippen LogP contribution < -0.4 is 0 Å². The Hall–Kier alpha value is -1.44. The molecule has 1 aromatic carbocycles. The van der Waals surface area contributed by atoms with Crippen molar-refractivity contribution in [3.8, 4) is 0 Å². The van der Waals surface area contributed by atoms with Crippen LogP contribution in [0.1, 0.15) is 41.8 Å². The molecule has 3 rings (SSSR count). The average molecular weight is 352 g/mol. The molecule has 1 aromatic rings. The third-order valence-corrected chi connectivity index (χ3v) is 7.01. The number of benzene rings is 1. The van der Waals surface area contributed by atoms with E-state index in [1.54, 1.807) is 6.07 Å². The average Bonchev–Trinajstić information content (AvgIpc) is 3.02.